The van der Waals surface area contributed by atoms with Crippen molar-refractivity contribution in [3.8, 4) is 89.0 Å². The van der Waals surface area contributed by atoms with Gasteiger partial charge in [0, 0.05) is 16.9 Å². The molecular formula is C66H47N. The van der Waals surface area contributed by atoms with Gasteiger partial charge in [0.05, 0.1) is 5.69 Å². The molecule has 11 rings (SSSR count). The Morgan fingerprint density at radius 1 is 0.164 bits per heavy atom. The number of anilines is 3. The summed E-state index contributed by atoms with van der Waals surface area (Å²) in [6.45, 7) is 0. The molecule has 0 fully saturated rings. The molecule has 67 heavy (non-hydrogen) atoms. The van der Waals surface area contributed by atoms with Crippen LogP contribution >= 0.6 is 0 Å². The Hall–Kier alpha value is -8.78. The maximum atomic E-state index is 2.42. The summed E-state index contributed by atoms with van der Waals surface area (Å²) in [6, 6.07) is 103. The van der Waals surface area contributed by atoms with Gasteiger partial charge in [0.1, 0.15) is 0 Å². The van der Waals surface area contributed by atoms with Gasteiger partial charge in [-0.3, -0.25) is 0 Å². The molecule has 11 aromatic rings. The van der Waals surface area contributed by atoms with Gasteiger partial charge in [-0.05, 0) is 114 Å². The van der Waals surface area contributed by atoms with Crippen molar-refractivity contribution in [1.29, 1.82) is 0 Å². The SMILES string of the molecule is c1ccc(-c2ccc(-c3ccc(N(c4ccc(-c5ccc(-c6ccccc6)cc5)cc4)c4ccccc4-c4cccc(-c5ccccc5)c4-c4ccccc4-c4ccccc4)cc3)cc2)cc1. The Balaban J connectivity index is 1.05. The van der Waals surface area contributed by atoms with Crippen molar-refractivity contribution >= 4 is 17.1 Å². The summed E-state index contributed by atoms with van der Waals surface area (Å²) in [5.74, 6) is 0. The van der Waals surface area contributed by atoms with E-state index < -0.39 is 0 Å². The highest BCUT2D eigenvalue weighted by Crippen LogP contribution is 2.48. The van der Waals surface area contributed by atoms with Crippen molar-refractivity contribution in [2.24, 2.45) is 0 Å². The zero-order valence-electron chi connectivity index (χ0n) is 37.1. The molecule has 316 valence electrons. The summed E-state index contributed by atoms with van der Waals surface area (Å²) in [5, 5.41) is 0. The van der Waals surface area contributed by atoms with Gasteiger partial charge in [-0.1, -0.05) is 255 Å². The van der Waals surface area contributed by atoms with Crippen molar-refractivity contribution < 1.29 is 0 Å². The number of hydrogen-bond acceptors (Lipinski definition) is 1. The third kappa shape index (κ3) is 8.51. The molecule has 0 amide bonds. The van der Waals surface area contributed by atoms with Gasteiger partial charge in [-0.25, -0.2) is 0 Å². The minimum Gasteiger partial charge on any atom is -0.310 e. The fourth-order valence-corrected chi connectivity index (χ4v) is 9.40. The normalized spacial score (nSPS) is 11.0. The molecule has 0 heterocycles. The van der Waals surface area contributed by atoms with Crippen LogP contribution in [0.3, 0.4) is 0 Å². The quantitative estimate of drug-likeness (QED) is 0.125. The van der Waals surface area contributed by atoms with Gasteiger partial charge in [0.25, 0.3) is 0 Å². The van der Waals surface area contributed by atoms with E-state index in [9.17, 15) is 0 Å². The lowest BCUT2D eigenvalue weighted by molar-refractivity contribution is 1.28. The first-order chi connectivity index (χ1) is 33.2. The molecule has 0 saturated heterocycles. The Bertz CT molecular complexity index is 3250. The van der Waals surface area contributed by atoms with Crippen molar-refractivity contribution in [3.63, 3.8) is 0 Å². The summed E-state index contributed by atoms with van der Waals surface area (Å²) in [6.07, 6.45) is 0. The van der Waals surface area contributed by atoms with Gasteiger partial charge in [-0.2, -0.15) is 0 Å². The lowest BCUT2D eigenvalue weighted by Gasteiger charge is -2.29. The van der Waals surface area contributed by atoms with Gasteiger partial charge in [0.15, 0.2) is 0 Å². The van der Waals surface area contributed by atoms with Crippen LogP contribution in [0.4, 0.5) is 17.1 Å². The van der Waals surface area contributed by atoms with E-state index in [0.29, 0.717) is 0 Å². The highest BCUT2D eigenvalue weighted by Gasteiger charge is 2.23. The predicted octanol–water partition coefficient (Wildman–Crippen LogP) is 18.5. The van der Waals surface area contributed by atoms with E-state index in [-0.39, 0.29) is 0 Å². The van der Waals surface area contributed by atoms with Gasteiger partial charge >= 0.3 is 0 Å². The Morgan fingerprint density at radius 2 is 0.448 bits per heavy atom. The minimum absolute atomic E-state index is 1.07. The van der Waals surface area contributed by atoms with Crippen molar-refractivity contribution in [2.75, 3.05) is 4.90 Å². The average molecular weight is 854 g/mol. The molecule has 0 saturated carbocycles. The van der Waals surface area contributed by atoms with Crippen LogP contribution in [0.25, 0.3) is 89.0 Å². The summed E-state index contributed by atoms with van der Waals surface area (Å²) in [5.41, 5.74) is 22.2. The first-order valence-electron chi connectivity index (χ1n) is 23.0. The second-order valence-electron chi connectivity index (χ2n) is 16.8. The molecule has 0 aliphatic rings. The average Bonchev–Trinajstić information content (AvgIpc) is 3.42. The molecule has 0 aliphatic carbocycles. The Kier molecular flexibility index (Phi) is 11.5. The second kappa shape index (κ2) is 18.7. The van der Waals surface area contributed by atoms with Crippen molar-refractivity contribution in [3.05, 3.63) is 285 Å². The number of hydrogen-bond donors (Lipinski definition) is 0. The highest BCUT2D eigenvalue weighted by atomic mass is 15.1. The molecule has 0 spiro atoms. The molecule has 11 aromatic carbocycles. The number of para-hydroxylation sites is 1. The predicted molar refractivity (Wildman–Crippen MR) is 285 cm³/mol. The first kappa shape index (κ1) is 41.0. The third-order valence-corrected chi connectivity index (χ3v) is 12.8. The van der Waals surface area contributed by atoms with E-state index in [1.807, 2.05) is 0 Å². The lowest BCUT2D eigenvalue weighted by atomic mass is 9.84. The van der Waals surface area contributed by atoms with Crippen LogP contribution < -0.4 is 4.90 Å². The molecular weight excluding hydrogens is 807 g/mol. The van der Waals surface area contributed by atoms with Gasteiger partial charge in [-0.15, -0.1) is 0 Å². The van der Waals surface area contributed by atoms with E-state index in [0.717, 1.165) is 28.2 Å². The monoisotopic (exact) mass is 853 g/mol. The molecule has 0 bridgehead atoms. The minimum atomic E-state index is 1.07. The zero-order valence-corrected chi connectivity index (χ0v) is 37.1. The van der Waals surface area contributed by atoms with E-state index in [1.54, 1.807) is 0 Å². The molecule has 1 nitrogen and oxygen atoms in total. The lowest BCUT2D eigenvalue weighted by Crippen LogP contribution is -2.11. The Labute approximate surface area is 394 Å². The largest absolute Gasteiger partial charge is 0.310 e. The maximum absolute atomic E-state index is 2.42. The van der Waals surface area contributed by atoms with Crippen LogP contribution in [0.2, 0.25) is 0 Å². The van der Waals surface area contributed by atoms with Crippen molar-refractivity contribution in [1.82, 2.24) is 0 Å². The standard InChI is InChI=1S/C66H47N/c1-5-18-48(19-6-1)50-32-36-52(37-33-50)54-40-44-58(45-41-54)67(59-46-42-55(43-47-59)53-38-34-51(35-39-53)49-20-7-2-8-21-49)65-31-16-15-27-62(65)64-30-17-29-61(57-24-11-4-12-25-57)66(64)63-28-14-13-26-60(63)56-22-9-3-10-23-56/h1-47H. The fourth-order valence-electron chi connectivity index (χ4n) is 9.40. The second-order valence-corrected chi connectivity index (χ2v) is 16.8. The molecule has 1 heteroatoms. The van der Waals surface area contributed by atoms with E-state index in [2.05, 4.69) is 290 Å². The summed E-state index contributed by atoms with van der Waals surface area (Å²) in [7, 11) is 0. The number of benzene rings is 11. The van der Waals surface area contributed by atoms with Crippen LogP contribution in [0.1, 0.15) is 0 Å². The zero-order chi connectivity index (χ0) is 44.8. The first-order valence-corrected chi connectivity index (χ1v) is 23.0. The maximum Gasteiger partial charge on any atom is 0.0540 e. The smallest absolute Gasteiger partial charge is 0.0540 e. The third-order valence-electron chi connectivity index (χ3n) is 12.8. The molecule has 0 radical (unpaired) electrons. The van der Waals surface area contributed by atoms with Crippen LogP contribution in [0, 0.1) is 0 Å². The van der Waals surface area contributed by atoms with Gasteiger partial charge in [0.2, 0.25) is 0 Å². The molecule has 0 aliphatic heterocycles. The summed E-state index contributed by atoms with van der Waals surface area (Å²) in [4.78, 5) is 2.42. The van der Waals surface area contributed by atoms with Crippen LogP contribution in [0.5, 0.6) is 0 Å². The molecule has 0 N–H and O–H groups in total. The van der Waals surface area contributed by atoms with Crippen LogP contribution in [-0.4, -0.2) is 0 Å². The van der Waals surface area contributed by atoms with Gasteiger partial charge < -0.3 is 4.90 Å². The number of rotatable bonds is 11. The summed E-state index contributed by atoms with van der Waals surface area (Å²) >= 11 is 0. The summed E-state index contributed by atoms with van der Waals surface area (Å²) < 4.78 is 0. The number of nitrogens with zero attached hydrogens (tertiary/aromatic N) is 1. The molecule has 0 unspecified atom stereocenters. The van der Waals surface area contributed by atoms with E-state index in [4.69, 9.17) is 0 Å². The van der Waals surface area contributed by atoms with Crippen LogP contribution in [-0.2, 0) is 0 Å². The highest BCUT2D eigenvalue weighted by molar-refractivity contribution is 6.03. The van der Waals surface area contributed by atoms with Crippen molar-refractivity contribution in [2.45, 2.75) is 0 Å². The molecule has 0 aromatic heterocycles. The fraction of sp³-hybridized carbons (Fsp3) is 0. The molecule has 0 atom stereocenters. The Morgan fingerprint density at radius 3 is 0.881 bits per heavy atom. The van der Waals surface area contributed by atoms with E-state index in [1.165, 1.54) is 77.9 Å². The van der Waals surface area contributed by atoms with E-state index >= 15 is 0 Å². The van der Waals surface area contributed by atoms with Crippen LogP contribution in [0.15, 0.2) is 285 Å². The topological polar surface area (TPSA) is 3.24 Å².